The van der Waals surface area contributed by atoms with E-state index in [0.29, 0.717) is 35.1 Å². The van der Waals surface area contributed by atoms with Crippen LogP contribution in [0.1, 0.15) is 63.9 Å². The Balaban J connectivity index is 1.46. The first-order valence-electron chi connectivity index (χ1n) is 12.8. The van der Waals surface area contributed by atoms with Crippen molar-refractivity contribution in [3.63, 3.8) is 0 Å². The lowest BCUT2D eigenvalue weighted by atomic mass is 10.1. The molecule has 7 heteroatoms. The largest absolute Gasteiger partial charge is 0.472 e. The van der Waals surface area contributed by atoms with Crippen molar-refractivity contribution in [1.29, 1.82) is 0 Å². The molecule has 3 heterocycles. The molecule has 2 saturated heterocycles. The van der Waals surface area contributed by atoms with Gasteiger partial charge in [0.25, 0.3) is 11.8 Å². The van der Waals surface area contributed by atoms with Crippen molar-refractivity contribution in [3.8, 4) is 0 Å². The van der Waals surface area contributed by atoms with Crippen LogP contribution in [-0.2, 0) is 20.8 Å². The molecule has 0 unspecified atom stereocenters. The van der Waals surface area contributed by atoms with Gasteiger partial charge in [-0.2, -0.15) is 0 Å². The van der Waals surface area contributed by atoms with Gasteiger partial charge in [0.05, 0.1) is 31.3 Å². The van der Waals surface area contributed by atoms with Gasteiger partial charge in [-0.1, -0.05) is 6.08 Å². The number of allylic oxidation sites excluding steroid dienone is 2. The number of likely N-dealkylation sites (tertiary alicyclic amines) is 2. The van der Waals surface area contributed by atoms with E-state index in [-0.39, 0.29) is 24.1 Å². The third-order valence-corrected chi connectivity index (χ3v) is 7.46. The molecule has 2 fully saturated rings. The zero-order valence-electron chi connectivity index (χ0n) is 20.4. The highest BCUT2D eigenvalue weighted by Crippen LogP contribution is 2.27. The Kier molecular flexibility index (Phi) is 8.03. The number of hydrogen-bond donors (Lipinski definition) is 1. The van der Waals surface area contributed by atoms with E-state index in [0.717, 1.165) is 75.8 Å². The summed E-state index contributed by atoms with van der Waals surface area (Å²) in [6.45, 7) is 5.82. The van der Waals surface area contributed by atoms with Crippen LogP contribution in [0.15, 0.2) is 45.9 Å². The van der Waals surface area contributed by atoms with Crippen LogP contribution in [0.3, 0.4) is 0 Å². The summed E-state index contributed by atoms with van der Waals surface area (Å²) in [5.74, 6) is 0.0805. The summed E-state index contributed by atoms with van der Waals surface area (Å²) < 4.78 is 5.60. The maximum absolute atomic E-state index is 13.3. The van der Waals surface area contributed by atoms with Crippen LogP contribution in [0.4, 0.5) is 0 Å². The molecule has 1 N–H and O–H groups in total. The minimum atomic E-state index is -0.105. The van der Waals surface area contributed by atoms with Gasteiger partial charge in [0.1, 0.15) is 6.54 Å². The predicted molar refractivity (Wildman–Crippen MR) is 130 cm³/mol. The van der Waals surface area contributed by atoms with Gasteiger partial charge in [-0.15, -0.1) is 0 Å². The first kappa shape index (κ1) is 24.5. The number of carbonyl (C=O) groups excluding carboxylic acids is 3. The highest BCUT2D eigenvalue weighted by molar-refractivity contribution is 5.97. The Labute approximate surface area is 202 Å². The van der Waals surface area contributed by atoms with Crippen LogP contribution in [-0.4, -0.2) is 66.2 Å². The van der Waals surface area contributed by atoms with Crippen LogP contribution in [0.5, 0.6) is 0 Å². The van der Waals surface area contributed by atoms with Crippen LogP contribution in [0, 0.1) is 0 Å². The molecule has 1 aromatic rings. The van der Waals surface area contributed by atoms with Crippen molar-refractivity contribution < 1.29 is 23.3 Å². The zero-order chi connectivity index (χ0) is 24.0. The summed E-state index contributed by atoms with van der Waals surface area (Å²) in [7, 11) is 0. The molecule has 2 amide bonds. The zero-order valence-corrected chi connectivity index (χ0v) is 20.4. The van der Waals surface area contributed by atoms with Crippen molar-refractivity contribution in [2.75, 3.05) is 39.3 Å². The second-order valence-electron chi connectivity index (χ2n) is 10.2. The van der Waals surface area contributed by atoms with E-state index in [1.54, 1.807) is 12.5 Å². The molecule has 184 valence electrons. The third-order valence-electron chi connectivity index (χ3n) is 7.46. The van der Waals surface area contributed by atoms with Crippen LogP contribution < -0.4 is 5.32 Å². The number of Topliss-reactive ketones (excluding diaryl/α,β-unsaturated/α-hetero) is 1. The standard InChI is InChI=1S/C27H37N3O4/c1-21-9-10-24(27(33)29-12-5-4-6-13-29)26(21)28-25(32)19-30(14-7-2-3-8-15-30)18-23(31)17-22-11-16-34-20-22/h9,11,16,20H,2-8,10,12-15,17-19H2,1H3/p+1. The highest BCUT2D eigenvalue weighted by atomic mass is 16.3. The third kappa shape index (κ3) is 6.06. The quantitative estimate of drug-likeness (QED) is 0.592. The molecule has 0 aromatic carbocycles. The topological polar surface area (TPSA) is 79.6 Å². The average Bonchev–Trinajstić information content (AvgIpc) is 3.39. The molecule has 1 aromatic heterocycles. The molecule has 0 radical (unpaired) electrons. The fourth-order valence-electron chi connectivity index (χ4n) is 5.62. The smallest absolute Gasteiger partial charge is 0.279 e. The van der Waals surface area contributed by atoms with Gasteiger partial charge < -0.3 is 19.1 Å². The lowest BCUT2D eigenvalue weighted by Crippen LogP contribution is -2.56. The molecule has 0 bridgehead atoms. The second-order valence-corrected chi connectivity index (χ2v) is 10.2. The summed E-state index contributed by atoms with van der Waals surface area (Å²) in [5, 5.41) is 3.09. The minimum absolute atomic E-state index is 0.0528. The van der Waals surface area contributed by atoms with Crippen molar-refractivity contribution in [1.82, 2.24) is 10.2 Å². The summed E-state index contributed by atoms with van der Waals surface area (Å²) >= 11 is 0. The number of carbonyl (C=O) groups is 3. The van der Waals surface area contributed by atoms with E-state index >= 15 is 0 Å². The Morgan fingerprint density at radius 1 is 1.00 bits per heavy atom. The lowest BCUT2D eigenvalue weighted by molar-refractivity contribution is -0.912. The molecule has 2 aliphatic heterocycles. The van der Waals surface area contributed by atoms with Gasteiger partial charge in [-0.25, -0.2) is 0 Å². The molecule has 0 atom stereocenters. The van der Waals surface area contributed by atoms with Gasteiger partial charge in [-0.05, 0) is 75.5 Å². The maximum Gasteiger partial charge on any atom is 0.279 e. The molecule has 0 spiro atoms. The number of furan rings is 1. The fourth-order valence-corrected chi connectivity index (χ4v) is 5.62. The average molecular weight is 469 g/mol. The van der Waals surface area contributed by atoms with Crippen molar-refractivity contribution in [3.05, 3.63) is 47.1 Å². The molecule has 3 aliphatic rings. The number of amides is 2. The summed E-state index contributed by atoms with van der Waals surface area (Å²) in [6.07, 6.45) is 13.7. The van der Waals surface area contributed by atoms with E-state index in [1.807, 2.05) is 24.0 Å². The van der Waals surface area contributed by atoms with Crippen molar-refractivity contribution in [2.24, 2.45) is 0 Å². The molecule has 0 saturated carbocycles. The highest BCUT2D eigenvalue weighted by Gasteiger charge is 2.35. The minimum Gasteiger partial charge on any atom is -0.472 e. The molecule has 1 aliphatic carbocycles. The molecular weight excluding hydrogens is 430 g/mol. The van der Waals surface area contributed by atoms with Crippen molar-refractivity contribution in [2.45, 2.75) is 64.7 Å². The molecule has 34 heavy (non-hydrogen) atoms. The number of hydrogen-bond acceptors (Lipinski definition) is 4. The van der Waals surface area contributed by atoms with Crippen LogP contribution in [0.25, 0.3) is 0 Å². The lowest BCUT2D eigenvalue weighted by Gasteiger charge is -2.36. The monoisotopic (exact) mass is 468 g/mol. The molecule has 7 nitrogen and oxygen atoms in total. The summed E-state index contributed by atoms with van der Waals surface area (Å²) in [6, 6.07) is 1.82. The van der Waals surface area contributed by atoms with Gasteiger partial charge in [-0.3, -0.25) is 14.4 Å². The normalized spacial score (nSPS) is 20.6. The van der Waals surface area contributed by atoms with E-state index < -0.39 is 0 Å². The Morgan fingerprint density at radius 3 is 2.38 bits per heavy atom. The first-order chi connectivity index (χ1) is 16.5. The van der Waals surface area contributed by atoms with Crippen LogP contribution in [0.2, 0.25) is 0 Å². The maximum atomic E-state index is 13.3. The number of rotatable bonds is 8. The summed E-state index contributed by atoms with van der Waals surface area (Å²) in [5.41, 5.74) is 3.21. The van der Waals surface area contributed by atoms with E-state index in [9.17, 15) is 14.4 Å². The SMILES string of the molecule is CC1=CCC(C(=O)N2CCCCC2)=C1NC(=O)C[N+]1(CC(=O)Cc2ccoc2)CCCCCC1. The van der Waals surface area contributed by atoms with E-state index in [1.165, 1.54) is 6.42 Å². The summed E-state index contributed by atoms with van der Waals surface area (Å²) in [4.78, 5) is 41.4. The Bertz CT molecular complexity index is 947. The number of nitrogens with zero attached hydrogens (tertiary/aromatic N) is 2. The van der Waals surface area contributed by atoms with Gasteiger partial charge in [0, 0.05) is 25.1 Å². The van der Waals surface area contributed by atoms with E-state index in [4.69, 9.17) is 4.42 Å². The van der Waals surface area contributed by atoms with Crippen molar-refractivity contribution >= 4 is 17.6 Å². The number of quaternary nitrogens is 1. The van der Waals surface area contributed by atoms with Gasteiger partial charge >= 0.3 is 0 Å². The Morgan fingerprint density at radius 2 is 1.71 bits per heavy atom. The number of ketones is 1. The number of piperidine rings is 1. The van der Waals surface area contributed by atoms with Crippen LogP contribution >= 0.6 is 0 Å². The second kappa shape index (κ2) is 11.2. The van der Waals surface area contributed by atoms with Gasteiger partial charge in [0.2, 0.25) is 0 Å². The fraction of sp³-hybridized carbons (Fsp3) is 0.593. The number of nitrogens with one attached hydrogen (secondary N) is 1. The Hall–Kier alpha value is -2.67. The molecule has 4 rings (SSSR count). The first-order valence-corrected chi connectivity index (χ1v) is 12.8. The molecular formula is C27H38N3O4+. The predicted octanol–water partition coefficient (Wildman–Crippen LogP) is 3.51. The van der Waals surface area contributed by atoms with Gasteiger partial charge in [0.15, 0.2) is 12.3 Å². The van der Waals surface area contributed by atoms with E-state index in [2.05, 4.69) is 5.32 Å².